The lowest BCUT2D eigenvalue weighted by atomic mass is 9.88. The monoisotopic (exact) mass is 398 g/mol. The molecule has 0 bridgehead atoms. The van der Waals surface area contributed by atoms with Gasteiger partial charge in [-0.25, -0.2) is 9.36 Å². The van der Waals surface area contributed by atoms with Crippen molar-refractivity contribution in [2.24, 2.45) is 5.73 Å². The Bertz CT molecular complexity index is 1160. The molecule has 3 aromatic rings. The average molecular weight is 398 g/mol. The number of methoxy groups -OCH3 is 2. The van der Waals surface area contributed by atoms with Gasteiger partial charge in [0.1, 0.15) is 0 Å². The third-order valence-corrected chi connectivity index (χ3v) is 5.01. The number of aliphatic hydroxyl groups is 2. The van der Waals surface area contributed by atoms with E-state index in [0.29, 0.717) is 39.1 Å². The second kappa shape index (κ2) is 7.94. The molecule has 2 aromatic carbocycles. The Hall–Kier alpha value is -3.36. The van der Waals surface area contributed by atoms with E-state index in [4.69, 9.17) is 15.2 Å². The molecule has 0 radical (unpaired) electrons. The molecule has 0 atom stereocenters. The summed E-state index contributed by atoms with van der Waals surface area (Å²) in [5.41, 5.74) is 7.07. The number of nitrogens with zero attached hydrogens (tertiary/aromatic N) is 1. The van der Waals surface area contributed by atoms with E-state index >= 15 is 0 Å². The van der Waals surface area contributed by atoms with Gasteiger partial charge in [0, 0.05) is 11.8 Å². The summed E-state index contributed by atoms with van der Waals surface area (Å²) in [6.07, 6.45) is 1.30. The van der Waals surface area contributed by atoms with Crippen molar-refractivity contribution < 1.29 is 24.5 Å². The molecule has 8 heteroatoms. The molecule has 29 heavy (non-hydrogen) atoms. The maximum atomic E-state index is 12.6. The molecule has 0 aliphatic heterocycles. The minimum atomic E-state index is -0.882. The summed E-state index contributed by atoms with van der Waals surface area (Å²) in [5.74, 6) is 0.984. The molecule has 8 nitrogen and oxygen atoms in total. The number of amides is 1. The van der Waals surface area contributed by atoms with Crippen LogP contribution in [0.1, 0.15) is 16.7 Å². The molecule has 4 N–H and O–H groups in total. The van der Waals surface area contributed by atoms with Gasteiger partial charge in [0.05, 0.1) is 27.4 Å². The molecule has 1 aromatic heterocycles. The topological polar surface area (TPSA) is 124 Å². The molecular formula is C21H22N2O6. The first-order valence-corrected chi connectivity index (χ1v) is 8.82. The van der Waals surface area contributed by atoms with Crippen LogP contribution in [0.4, 0.5) is 4.79 Å². The first kappa shape index (κ1) is 20.4. The van der Waals surface area contributed by atoms with E-state index < -0.39 is 11.6 Å². The third kappa shape index (κ3) is 3.32. The summed E-state index contributed by atoms with van der Waals surface area (Å²) in [7, 11) is 3.03. The number of rotatable bonds is 5. The summed E-state index contributed by atoms with van der Waals surface area (Å²) < 4.78 is 11.6. The highest BCUT2D eigenvalue weighted by Crippen LogP contribution is 2.41. The van der Waals surface area contributed by atoms with Crippen LogP contribution in [0.25, 0.3) is 21.9 Å². The second-order valence-electron chi connectivity index (χ2n) is 6.50. The number of hydrogen-bond acceptors (Lipinski definition) is 6. The lowest BCUT2D eigenvalue weighted by Gasteiger charge is -2.19. The molecule has 0 spiro atoms. The standard InChI is InChI=1S/C21H22N2O6/c1-11-14(4-5-23(20(11)26)21(22)27)19-15-8-18(29-3)17(28-2)7-12(15)6-13(9-24)16(19)10-25/h4-8,24-25H,9-10H2,1-3H3,(H2,22,27). The fraction of sp³-hybridized carbons (Fsp3) is 0.238. The van der Waals surface area contributed by atoms with Crippen LogP contribution >= 0.6 is 0 Å². The van der Waals surface area contributed by atoms with Gasteiger partial charge in [-0.05, 0) is 64.2 Å². The zero-order valence-corrected chi connectivity index (χ0v) is 16.4. The van der Waals surface area contributed by atoms with E-state index in [1.54, 1.807) is 31.2 Å². The van der Waals surface area contributed by atoms with Crippen molar-refractivity contribution in [1.82, 2.24) is 4.57 Å². The number of carbonyl (C=O) groups is 1. The van der Waals surface area contributed by atoms with Crippen molar-refractivity contribution in [2.45, 2.75) is 20.1 Å². The Morgan fingerprint density at radius 1 is 1.10 bits per heavy atom. The normalized spacial score (nSPS) is 10.9. The Morgan fingerprint density at radius 2 is 1.76 bits per heavy atom. The van der Waals surface area contributed by atoms with Crippen molar-refractivity contribution in [3.63, 3.8) is 0 Å². The van der Waals surface area contributed by atoms with E-state index in [9.17, 15) is 19.8 Å². The van der Waals surface area contributed by atoms with E-state index in [-0.39, 0.29) is 18.8 Å². The quantitative estimate of drug-likeness (QED) is 0.603. The zero-order chi connectivity index (χ0) is 21.3. The summed E-state index contributed by atoms with van der Waals surface area (Å²) in [6, 6.07) is 5.98. The van der Waals surface area contributed by atoms with Gasteiger partial charge in [0.2, 0.25) is 0 Å². The number of nitrogens with two attached hydrogens (primary N) is 1. The van der Waals surface area contributed by atoms with Crippen LogP contribution in [0, 0.1) is 6.92 Å². The van der Waals surface area contributed by atoms with E-state index in [0.717, 1.165) is 9.95 Å². The SMILES string of the molecule is COc1cc2cc(CO)c(CO)c(-c3ccn(C(N)=O)c(=O)c3C)c2cc1OC. The number of primary amides is 1. The van der Waals surface area contributed by atoms with Crippen LogP contribution in [0.5, 0.6) is 11.5 Å². The number of carbonyl (C=O) groups excluding carboxylic acids is 1. The van der Waals surface area contributed by atoms with Crippen LogP contribution in [0.3, 0.4) is 0 Å². The minimum Gasteiger partial charge on any atom is -0.493 e. The van der Waals surface area contributed by atoms with Gasteiger partial charge in [-0.3, -0.25) is 4.79 Å². The van der Waals surface area contributed by atoms with Gasteiger partial charge in [-0.1, -0.05) is 0 Å². The molecule has 0 saturated carbocycles. The fourth-order valence-electron chi connectivity index (χ4n) is 3.54. The van der Waals surface area contributed by atoms with Crippen molar-refractivity contribution >= 4 is 16.8 Å². The van der Waals surface area contributed by atoms with Gasteiger partial charge in [-0.15, -0.1) is 0 Å². The van der Waals surface area contributed by atoms with E-state index in [1.807, 2.05) is 0 Å². The van der Waals surface area contributed by atoms with E-state index in [1.165, 1.54) is 20.4 Å². The van der Waals surface area contributed by atoms with Crippen LogP contribution < -0.4 is 20.8 Å². The fourth-order valence-corrected chi connectivity index (χ4v) is 3.54. The molecule has 0 fully saturated rings. The highest BCUT2D eigenvalue weighted by atomic mass is 16.5. The van der Waals surface area contributed by atoms with Gasteiger partial charge in [-0.2, -0.15) is 0 Å². The number of aromatic nitrogens is 1. The lowest BCUT2D eigenvalue weighted by molar-refractivity contribution is 0.249. The summed E-state index contributed by atoms with van der Waals surface area (Å²) in [4.78, 5) is 24.1. The summed E-state index contributed by atoms with van der Waals surface area (Å²) >= 11 is 0. The Morgan fingerprint density at radius 3 is 2.31 bits per heavy atom. The largest absolute Gasteiger partial charge is 0.493 e. The highest BCUT2D eigenvalue weighted by Gasteiger charge is 2.20. The van der Waals surface area contributed by atoms with Gasteiger partial charge in [0.25, 0.3) is 5.56 Å². The predicted molar refractivity (Wildman–Crippen MR) is 108 cm³/mol. The molecule has 1 amide bonds. The summed E-state index contributed by atoms with van der Waals surface area (Å²) in [5, 5.41) is 21.3. The Balaban J connectivity index is 2.49. The first-order valence-electron chi connectivity index (χ1n) is 8.82. The lowest BCUT2D eigenvalue weighted by Crippen LogP contribution is -2.32. The van der Waals surface area contributed by atoms with Crippen LogP contribution in [-0.4, -0.2) is 35.0 Å². The Kier molecular flexibility index (Phi) is 5.58. The van der Waals surface area contributed by atoms with Gasteiger partial charge >= 0.3 is 6.03 Å². The average Bonchev–Trinajstić information content (AvgIpc) is 2.72. The number of ether oxygens (including phenoxy) is 2. The summed E-state index contributed by atoms with van der Waals surface area (Å²) in [6.45, 7) is 0.925. The van der Waals surface area contributed by atoms with Gasteiger partial charge in [0.15, 0.2) is 11.5 Å². The predicted octanol–water partition coefficient (Wildman–Crippen LogP) is 1.91. The molecule has 0 saturated heterocycles. The molecule has 0 aliphatic rings. The number of fused-ring (bicyclic) bond motifs is 1. The van der Waals surface area contributed by atoms with Crippen LogP contribution in [0.15, 0.2) is 35.3 Å². The first-order chi connectivity index (χ1) is 13.9. The molecule has 1 heterocycles. The highest BCUT2D eigenvalue weighted by molar-refractivity contribution is 6.01. The molecule has 152 valence electrons. The molecule has 3 rings (SSSR count). The number of benzene rings is 2. The van der Waals surface area contributed by atoms with Crippen molar-refractivity contribution in [3.8, 4) is 22.6 Å². The second-order valence-corrected chi connectivity index (χ2v) is 6.50. The van der Waals surface area contributed by atoms with Crippen LogP contribution in [0.2, 0.25) is 0 Å². The minimum absolute atomic E-state index is 0.284. The van der Waals surface area contributed by atoms with E-state index in [2.05, 4.69) is 0 Å². The smallest absolute Gasteiger partial charge is 0.325 e. The van der Waals surface area contributed by atoms with Crippen molar-refractivity contribution in [1.29, 1.82) is 0 Å². The third-order valence-electron chi connectivity index (χ3n) is 5.01. The van der Waals surface area contributed by atoms with Gasteiger partial charge < -0.3 is 25.4 Å². The maximum absolute atomic E-state index is 12.6. The number of hydrogen-bond donors (Lipinski definition) is 3. The zero-order valence-electron chi connectivity index (χ0n) is 16.4. The van der Waals surface area contributed by atoms with Crippen LogP contribution in [-0.2, 0) is 13.2 Å². The molecule has 0 unspecified atom stereocenters. The van der Waals surface area contributed by atoms with Crippen molar-refractivity contribution in [2.75, 3.05) is 14.2 Å². The number of pyridine rings is 1. The molecular weight excluding hydrogens is 376 g/mol. The molecule has 0 aliphatic carbocycles. The maximum Gasteiger partial charge on any atom is 0.325 e. The number of aliphatic hydroxyl groups excluding tert-OH is 2. The Labute approximate surface area is 166 Å². The van der Waals surface area contributed by atoms with Crippen molar-refractivity contribution in [3.05, 3.63) is 57.5 Å².